The molecule has 32 heavy (non-hydrogen) atoms. The average molecular weight is 446 g/mol. The first-order valence-corrected chi connectivity index (χ1v) is 11.5. The Kier molecular flexibility index (Phi) is 9.35. The second-order valence-corrected chi connectivity index (χ2v) is 9.23. The van der Waals surface area contributed by atoms with Gasteiger partial charge >= 0.3 is 6.09 Å². The van der Waals surface area contributed by atoms with Crippen molar-refractivity contribution in [3.8, 4) is 0 Å². The van der Waals surface area contributed by atoms with Gasteiger partial charge in [0, 0.05) is 31.2 Å². The van der Waals surface area contributed by atoms with Gasteiger partial charge < -0.3 is 25.6 Å². The van der Waals surface area contributed by atoms with E-state index in [1.54, 1.807) is 0 Å². The maximum Gasteiger partial charge on any atom is 0.407 e. The number of nitrogens with zero attached hydrogens (tertiary/aromatic N) is 2. The average Bonchev–Trinajstić information content (AvgIpc) is 3.17. The highest BCUT2D eigenvalue weighted by Gasteiger charge is 2.27. The van der Waals surface area contributed by atoms with E-state index in [1.807, 2.05) is 65.8 Å². The van der Waals surface area contributed by atoms with Gasteiger partial charge in [-0.3, -0.25) is 4.79 Å². The highest BCUT2D eigenvalue weighted by Crippen LogP contribution is 2.13. The molecule has 1 aromatic rings. The van der Waals surface area contributed by atoms with Gasteiger partial charge in [-0.05, 0) is 65.2 Å². The lowest BCUT2D eigenvalue weighted by molar-refractivity contribution is 0.0507. The summed E-state index contributed by atoms with van der Waals surface area (Å²) in [5, 5.41) is 9.27. The van der Waals surface area contributed by atoms with Crippen LogP contribution in [0.15, 0.2) is 29.3 Å². The molecular formula is C24H39N5O3. The van der Waals surface area contributed by atoms with Crippen LogP contribution >= 0.6 is 0 Å². The fourth-order valence-corrected chi connectivity index (χ4v) is 3.36. The number of carbonyl (C=O) groups is 2. The van der Waals surface area contributed by atoms with Crippen molar-refractivity contribution in [1.82, 2.24) is 20.9 Å². The third-order valence-corrected chi connectivity index (χ3v) is 5.13. The van der Waals surface area contributed by atoms with Gasteiger partial charge in [-0.15, -0.1) is 0 Å². The molecule has 0 aromatic heterocycles. The van der Waals surface area contributed by atoms with Gasteiger partial charge in [0.05, 0.1) is 12.6 Å². The smallest absolute Gasteiger partial charge is 0.407 e. The summed E-state index contributed by atoms with van der Waals surface area (Å²) in [5.41, 5.74) is 1.10. The zero-order valence-corrected chi connectivity index (χ0v) is 20.3. The number of likely N-dealkylation sites (tertiary alicyclic amines) is 1. The Hall–Kier alpha value is -2.77. The molecule has 2 rings (SSSR count). The molecular weight excluding hydrogens is 406 g/mol. The molecule has 1 heterocycles. The Morgan fingerprint density at radius 3 is 2.69 bits per heavy atom. The van der Waals surface area contributed by atoms with Crippen LogP contribution in [-0.2, 0) is 11.3 Å². The molecule has 1 aliphatic rings. The predicted molar refractivity (Wildman–Crippen MR) is 128 cm³/mol. The molecule has 1 aliphatic heterocycles. The Labute approximate surface area is 192 Å². The lowest BCUT2D eigenvalue weighted by atomic mass is 10.1. The van der Waals surface area contributed by atoms with Gasteiger partial charge in [0.15, 0.2) is 5.96 Å². The van der Waals surface area contributed by atoms with Gasteiger partial charge in [0.1, 0.15) is 5.60 Å². The topological polar surface area (TPSA) is 95.1 Å². The molecule has 2 unspecified atom stereocenters. The fourth-order valence-electron chi connectivity index (χ4n) is 3.36. The standard InChI is InChI=1S/C24H39N5O3/c1-7-17(3)27-21(30)19-11-9-10-18(14-19)15-26-22(25-8-2)29-13-12-20(16-29)28-23(31)32-24(4,5)6/h9-11,14,17,20H,7-8,12-13,15-16H2,1-6H3,(H,25,26)(H,27,30)(H,28,31). The van der Waals surface area contributed by atoms with E-state index in [2.05, 4.69) is 20.9 Å². The van der Waals surface area contributed by atoms with Gasteiger partial charge in [-0.1, -0.05) is 19.1 Å². The van der Waals surface area contributed by atoms with Crippen molar-refractivity contribution in [3.05, 3.63) is 35.4 Å². The Morgan fingerprint density at radius 2 is 2.03 bits per heavy atom. The number of nitrogens with one attached hydrogen (secondary N) is 3. The van der Waals surface area contributed by atoms with Crippen LogP contribution < -0.4 is 16.0 Å². The maximum absolute atomic E-state index is 12.4. The first kappa shape index (κ1) is 25.5. The monoisotopic (exact) mass is 445 g/mol. The fraction of sp³-hybridized carbons (Fsp3) is 0.625. The van der Waals surface area contributed by atoms with E-state index in [1.165, 1.54) is 0 Å². The molecule has 0 radical (unpaired) electrons. The van der Waals surface area contributed by atoms with Crippen LogP contribution in [0.25, 0.3) is 0 Å². The lowest BCUT2D eigenvalue weighted by Gasteiger charge is -2.23. The zero-order chi connectivity index (χ0) is 23.7. The lowest BCUT2D eigenvalue weighted by Crippen LogP contribution is -2.44. The van der Waals surface area contributed by atoms with Crippen LogP contribution in [0.5, 0.6) is 0 Å². The minimum atomic E-state index is -0.515. The number of ether oxygens (including phenoxy) is 1. The summed E-state index contributed by atoms with van der Waals surface area (Å²) in [6, 6.07) is 7.73. The number of hydrogen-bond acceptors (Lipinski definition) is 4. The van der Waals surface area contributed by atoms with E-state index in [0.29, 0.717) is 18.7 Å². The molecule has 0 aliphatic carbocycles. The number of alkyl carbamates (subject to hydrolysis) is 1. The highest BCUT2D eigenvalue weighted by atomic mass is 16.6. The molecule has 1 fully saturated rings. The Balaban J connectivity index is 1.99. The Morgan fingerprint density at radius 1 is 1.28 bits per heavy atom. The molecule has 1 aromatic carbocycles. The molecule has 178 valence electrons. The number of guanidine groups is 1. The summed E-state index contributed by atoms with van der Waals surface area (Å²) in [5.74, 6) is 0.739. The summed E-state index contributed by atoms with van der Waals surface area (Å²) < 4.78 is 5.36. The van der Waals surface area contributed by atoms with Crippen LogP contribution in [0, 0.1) is 0 Å². The highest BCUT2D eigenvalue weighted by molar-refractivity contribution is 5.94. The van der Waals surface area contributed by atoms with Crippen molar-refractivity contribution in [2.45, 2.75) is 78.6 Å². The molecule has 2 amide bonds. The SMILES string of the molecule is CCNC(=NCc1cccc(C(=O)NC(C)CC)c1)N1CCC(NC(=O)OC(C)(C)C)C1. The van der Waals surface area contributed by atoms with E-state index in [9.17, 15) is 9.59 Å². The second kappa shape index (κ2) is 11.7. The van der Waals surface area contributed by atoms with Crippen molar-refractivity contribution in [3.63, 3.8) is 0 Å². The van der Waals surface area contributed by atoms with Crippen LogP contribution in [0.3, 0.4) is 0 Å². The molecule has 8 nitrogen and oxygen atoms in total. The van der Waals surface area contributed by atoms with Crippen molar-refractivity contribution in [2.75, 3.05) is 19.6 Å². The third-order valence-electron chi connectivity index (χ3n) is 5.13. The number of amides is 2. The summed E-state index contributed by atoms with van der Waals surface area (Å²) in [7, 11) is 0. The van der Waals surface area contributed by atoms with Crippen molar-refractivity contribution >= 4 is 18.0 Å². The van der Waals surface area contributed by atoms with Gasteiger partial charge in [0.25, 0.3) is 5.91 Å². The molecule has 0 bridgehead atoms. The van der Waals surface area contributed by atoms with Crippen molar-refractivity contribution < 1.29 is 14.3 Å². The number of benzene rings is 1. The molecule has 8 heteroatoms. The Bertz CT molecular complexity index is 803. The first-order chi connectivity index (χ1) is 15.1. The summed E-state index contributed by atoms with van der Waals surface area (Å²) in [6.45, 7) is 14.3. The molecule has 3 N–H and O–H groups in total. The predicted octanol–water partition coefficient (Wildman–Crippen LogP) is 3.28. The van der Waals surface area contributed by atoms with Crippen LogP contribution in [0.2, 0.25) is 0 Å². The number of rotatable bonds is 7. The largest absolute Gasteiger partial charge is 0.444 e. The molecule has 0 spiro atoms. The number of carbonyl (C=O) groups excluding carboxylic acids is 2. The van der Waals surface area contributed by atoms with Crippen molar-refractivity contribution in [1.29, 1.82) is 0 Å². The van der Waals surface area contributed by atoms with Crippen LogP contribution in [0.4, 0.5) is 4.79 Å². The van der Waals surface area contributed by atoms with Crippen LogP contribution in [0.1, 0.15) is 70.3 Å². The molecule has 2 atom stereocenters. The van der Waals surface area contributed by atoms with Gasteiger partial charge in [0.2, 0.25) is 0 Å². The van der Waals surface area contributed by atoms with Crippen LogP contribution in [-0.4, -0.2) is 60.2 Å². The first-order valence-electron chi connectivity index (χ1n) is 11.5. The minimum absolute atomic E-state index is 0.0151. The second-order valence-electron chi connectivity index (χ2n) is 9.23. The summed E-state index contributed by atoms with van der Waals surface area (Å²) in [4.78, 5) is 31.4. The molecule has 0 saturated carbocycles. The normalized spacial score (nSPS) is 17.6. The molecule has 1 saturated heterocycles. The van der Waals surface area contributed by atoms with E-state index >= 15 is 0 Å². The summed E-state index contributed by atoms with van der Waals surface area (Å²) in [6.07, 6.45) is 1.33. The number of hydrogen-bond donors (Lipinski definition) is 3. The quantitative estimate of drug-likeness (QED) is 0.442. The van der Waals surface area contributed by atoms with Crippen molar-refractivity contribution in [2.24, 2.45) is 4.99 Å². The van der Waals surface area contributed by atoms with E-state index < -0.39 is 11.7 Å². The third kappa shape index (κ3) is 8.40. The van der Waals surface area contributed by atoms with E-state index in [-0.39, 0.29) is 18.0 Å². The van der Waals surface area contributed by atoms with E-state index in [4.69, 9.17) is 9.73 Å². The minimum Gasteiger partial charge on any atom is -0.444 e. The maximum atomic E-state index is 12.4. The number of aliphatic imine (C=N–C) groups is 1. The van der Waals surface area contributed by atoms with Gasteiger partial charge in [-0.25, -0.2) is 9.79 Å². The van der Waals surface area contributed by atoms with E-state index in [0.717, 1.165) is 37.5 Å². The zero-order valence-electron chi connectivity index (χ0n) is 20.3. The van der Waals surface area contributed by atoms with Gasteiger partial charge in [-0.2, -0.15) is 0 Å². The summed E-state index contributed by atoms with van der Waals surface area (Å²) >= 11 is 0.